The Balaban J connectivity index is 1.35. The molecule has 204 valence electrons. The number of Topliss-reactive ketones (excluding diaryl/α,β-unsaturated/α-hetero) is 1. The van der Waals surface area contributed by atoms with E-state index in [1.807, 2.05) is 18.5 Å². The highest BCUT2D eigenvalue weighted by molar-refractivity contribution is 5.97. The molecule has 5 aromatic rings. The third-order valence-electron chi connectivity index (χ3n) is 7.28. The van der Waals surface area contributed by atoms with Crippen molar-refractivity contribution in [1.82, 2.24) is 34.0 Å². The summed E-state index contributed by atoms with van der Waals surface area (Å²) in [5, 5.41) is 14.1. The number of likely N-dealkylation sites (tertiary alicyclic amines) is 1. The first-order valence-corrected chi connectivity index (χ1v) is 13.1. The van der Waals surface area contributed by atoms with E-state index in [-0.39, 0.29) is 36.2 Å². The second-order valence-electron chi connectivity index (χ2n) is 9.87. The van der Waals surface area contributed by atoms with Gasteiger partial charge in [0.15, 0.2) is 11.4 Å². The zero-order valence-corrected chi connectivity index (χ0v) is 21.6. The molecule has 1 aliphatic rings. The van der Waals surface area contributed by atoms with Crippen molar-refractivity contribution in [3.8, 4) is 22.6 Å². The molecule has 0 bridgehead atoms. The Hall–Kier alpha value is -4.35. The van der Waals surface area contributed by atoms with Crippen LogP contribution in [-0.2, 0) is 6.42 Å². The second-order valence-corrected chi connectivity index (χ2v) is 9.87. The Labute approximate surface area is 228 Å². The van der Waals surface area contributed by atoms with Crippen LogP contribution in [-0.4, -0.2) is 71.2 Å². The molecule has 0 saturated carbocycles. The number of halogens is 2. The van der Waals surface area contributed by atoms with E-state index < -0.39 is 5.95 Å². The van der Waals surface area contributed by atoms with Crippen molar-refractivity contribution < 1.29 is 18.7 Å². The van der Waals surface area contributed by atoms with Gasteiger partial charge in [0.25, 0.3) is 0 Å². The van der Waals surface area contributed by atoms with Crippen molar-refractivity contribution in [3.05, 3.63) is 90.3 Å². The highest BCUT2D eigenvalue weighted by Gasteiger charge is 2.26. The van der Waals surface area contributed by atoms with E-state index in [0.29, 0.717) is 29.3 Å². The molecule has 4 aromatic heterocycles. The summed E-state index contributed by atoms with van der Waals surface area (Å²) in [7, 11) is 0. The van der Waals surface area contributed by atoms with Crippen LogP contribution < -0.4 is 0 Å². The average Bonchev–Trinajstić information content (AvgIpc) is 3.58. The van der Waals surface area contributed by atoms with Crippen LogP contribution in [0, 0.1) is 11.8 Å². The third kappa shape index (κ3) is 5.25. The number of aliphatic hydroxyl groups is 1. The first-order valence-electron chi connectivity index (χ1n) is 13.1. The minimum absolute atomic E-state index is 0.00662. The number of hydrogen-bond acceptors (Lipinski definition) is 7. The van der Waals surface area contributed by atoms with Crippen LogP contribution in [0.1, 0.15) is 34.9 Å². The van der Waals surface area contributed by atoms with Gasteiger partial charge in [0, 0.05) is 49.1 Å². The molecular weight excluding hydrogens is 516 g/mol. The van der Waals surface area contributed by atoms with Crippen LogP contribution in [0.2, 0.25) is 0 Å². The molecule has 0 radical (unpaired) electrons. The number of carbonyl (C=O) groups is 1. The highest BCUT2D eigenvalue weighted by atomic mass is 19.1. The first-order chi connectivity index (χ1) is 19.5. The number of ketones is 1. The maximum atomic E-state index is 13.7. The van der Waals surface area contributed by atoms with E-state index in [0.717, 1.165) is 43.3 Å². The van der Waals surface area contributed by atoms with Crippen LogP contribution in [0.5, 0.6) is 0 Å². The number of pyridine rings is 1. The van der Waals surface area contributed by atoms with Gasteiger partial charge in [-0.25, -0.2) is 23.9 Å². The minimum atomic E-state index is -0.709. The molecule has 1 saturated heterocycles. The van der Waals surface area contributed by atoms with Crippen LogP contribution >= 0.6 is 0 Å². The van der Waals surface area contributed by atoms with Gasteiger partial charge in [-0.1, -0.05) is 0 Å². The molecule has 1 fully saturated rings. The molecule has 1 aromatic carbocycles. The van der Waals surface area contributed by atoms with Crippen LogP contribution in [0.4, 0.5) is 8.78 Å². The summed E-state index contributed by atoms with van der Waals surface area (Å²) in [5.41, 5.74) is 4.25. The van der Waals surface area contributed by atoms with Gasteiger partial charge in [0.1, 0.15) is 11.5 Å². The summed E-state index contributed by atoms with van der Waals surface area (Å²) in [5.74, 6) is -1.30. The fourth-order valence-electron chi connectivity index (χ4n) is 5.26. The van der Waals surface area contributed by atoms with Crippen molar-refractivity contribution in [2.24, 2.45) is 0 Å². The lowest BCUT2D eigenvalue weighted by Gasteiger charge is -2.32. The number of piperidine rings is 1. The zero-order valence-electron chi connectivity index (χ0n) is 21.6. The lowest BCUT2D eigenvalue weighted by Crippen LogP contribution is -2.36. The van der Waals surface area contributed by atoms with Gasteiger partial charge in [-0.05, 0) is 55.3 Å². The molecule has 0 atom stereocenters. The first kappa shape index (κ1) is 25.9. The number of aromatic nitrogens is 6. The van der Waals surface area contributed by atoms with Gasteiger partial charge in [-0.3, -0.25) is 4.79 Å². The largest absolute Gasteiger partial charge is 0.395 e. The van der Waals surface area contributed by atoms with E-state index in [1.54, 1.807) is 22.8 Å². The summed E-state index contributed by atoms with van der Waals surface area (Å²) in [6.07, 6.45) is 6.55. The standard InChI is InChI=1S/C29H27F2N7O2/c30-21-3-1-19(2-4-21)28-29(37(18-33-28)23-8-11-36(12-9-23)13-14-39)24-5-6-27-34-22(17-38(27)35-24)16-25(40)20-7-10-32-26(31)15-20/h1-7,10,15,17-18,23,39H,8-9,11-14,16H2. The van der Waals surface area contributed by atoms with Crippen molar-refractivity contribution in [1.29, 1.82) is 0 Å². The number of hydrogen-bond donors (Lipinski definition) is 1. The topological polar surface area (TPSA) is 101 Å². The van der Waals surface area contributed by atoms with Gasteiger partial charge in [-0.2, -0.15) is 9.49 Å². The SMILES string of the molecule is O=C(Cc1cn2nc(-c3c(-c4ccc(F)cc4)ncn3C3CCN(CCO)CC3)ccc2n1)c1ccnc(F)c1. The number of fused-ring (bicyclic) bond motifs is 1. The van der Waals surface area contributed by atoms with Crippen molar-refractivity contribution in [3.63, 3.8) is 0 Å². The number of imidazole rings is 2. The summed E-state index contributed by atoms with van der Waals surface area (Å²) >= 11 is 0. The maximum Gasteiger partial charge on any atom is 0.213 e. The van der Waals surface area contributed by atoms with Crippen LogP contribution in [0.3, 0.4) is 0 Å². The Morgan fingerprint density at radius 3 is 2.58 bits per heavy atom. The monoisotopic (exact) mass is 543 g/mol. The maximum absolute atomic E-state index is 13.7. The summed E-state index contributed by atoms with van der Waals surface area (Å²) in [4.78, 5) is 27.7. The Morgan fingerprint density at radius 2 is 1.82 bits per heavy atom. The van der Waals surface area contributed by atoms with E-state index >= 15 is 0 Å². The quantitative estimate of drug-likeness (QED) is 0.233. The smallest absolute Gasteiger partial charge is 0.213 e. The summed E-state index contributed by atoms with van der Waals surface area (Å²) in [6.45, 7) is 2.52. The normalized spacial score (nSPS) is 14.7. The molecule has 0 aliphatic carbocycles. The van der Waals surface area contributed by atoms with Gasteiger partial charge in [0.05, 0.1) is 42.6 Å². The molecule has 9 nitrogen and oxygen atoms in total. The van der Waals surface area contributed by atoms with Gasteiger partial charge in [-0.15, -0.1) is 0 Å². The van der Waals surface area contributed by atoms with Gasteiger partial charge < -0.3 is 14.6 Å². The van der Waals surface area contributed by atoms with Gasteiger partial charge >= 0.3 is 0 Å². The lowest BCUT2D eigenvalue weighted by atomic mass is 10.0. The molecule has 5 heterocycles. The van der Waals surface area contributed by atoms with Crippen molar-refractivity contribution >= 4 is 11.4 Å². The lowest BCUT2D eigenvalue weighted by molar-refractivity contribution is 0.0991. The number of aliphatic hydroxyl groups excluding tert-OH is 1. The zero-order chi connectivity index (χ0) is 27.6. The van der Waals surface area contributed by atoms with E-state index in [9.17, 15) is 18.7 Å². The molecule has 1 N–H and O–H groups in total. The number of rotatable bonds is 8. The molecule has 40 heavy (non-hydrogen) atoms. The van der Waals surface area contributed by atoms with E-state index in [4.69, 9.17) is 10.1 Å². The fraction of sp³-hybridized carbons (Fsp3) is 0.276. The van der Waals surface area contributed by atoms with E-state index in [1.165, 1.54) is 24.4 Å². The molecule has 11 heteroatoms. The molecular formula is C29H27F2N7O2. The molecule has 0 spiro atoms. The van der Waals surface area contributed by atoms with E-state index in [2.05, 4.69) is 19.4 Å². The molecule has 0 unspecified atom stereocenters. The number of benzene rings is 1. The Morgan fingerprint density at radius 1 is 1.02 bits per heavy atom. The van der Waals surface area contributed by atoms with Crippen LogP contribution in [0.25, 0.3) is 28.3 Å². The second kappa shape index (κ2) is 11.0. The number of carbonyl (C=O) groups excluding carboxylic acids is 1. The Bertz CT molecular complexity index is 1660. The van der Waals surface area contributed by atoms with Gasteiger partial charge in [0.2, 0.25) is 5.95 Å². The molecule has 1 aliphatic heterocycles. The van der Waals surface area contributed by atoms with Crippen LogP contribution in [0.15, 0.2) is 67.3 Å². The molecule has 6 rings (SSSR count). The fourth-order valence-corrected chi connectivity index (χ4v) is 5.26. The third-order valence-corrected chi connectivity index (χ3v) is 7.28. The highest BCUT2D eigenvalue weighted by Crippen LogP contribution is 2.35. The number of nitrogens with zero attached hydrogens (tertiary/aromatic N) is 7. The van der Waals surface area contributed by atoms with Crippen molar-refractivity contribution in [2.75, 3.05) is 26.2 Å². The van der Waals surface area contributed by atoms with Crippen molar-refractivity contribution in [2.45, 2.75) is 25.3 Å². The Kier molecular flexibility index (Phi) is 7.14. The summed E-state index contributed by atoms with van der Waals surface area (Å²) < 4.78 is 30.9. The number of β-amino-alcohol motifs (C(OH)–C–C–N with tert-alkyl or cyclic N) is 1. The molecule has 0 amide bonds. The predicted molar refractivity (Wildman–Crippen MR) is 144 cm³/mol. The minimum Gasteiger partial charge on any atom is -0.395 e. The summed E-state index contributed by atoms with van der Waals surface area (Å²) in [6, 6.07) is 12.7. The predicted octanol–water partition coefficient (Wildman–Crippen LogP) is 3.99. The average molecular weight is 544 g/mol.